The first-order valence-electron chi connectivity index (χ1n) is 10.5. The number of hydrogen-bond acceptors (Lipinski definition) is 5. The van der Waals surface area contributed by atoms with Crippen molar-refractivity contribution in [1.82, 2.24) is 9.21 Å². The van der Waals surface area contributed by atoms with Gasteiger partial charge in [-0.25, -0.2) is 8.42 Å². The van der Waals surface area contributed by atoms with E-state index in [2.05, 4.69) is 4.90 Å². The van der Waals surface area contributed by atoms with E-state index in [1.165, 1.54) is 16.4 Å². The van der Waals surface area contributed by atoms with E-state index in [0.717, 1.165) is 11.3 Å². The Morgan fingerprint density at radius 3 is 2.31 bits per heavy atom. The summed E-state index contributed by atoms with van der Waals surface area (Å²) in [6, 6.07) is 10.2. The molecule has 4 rings (SSSR count). The van der Waals surface area contributed by atoms with Crippen molar-refractivity contribution in [3.8, 4) is 0 Å². The molecule has 10 heteroatoms. The summed E-state index contributed by atoms with van der Waals surface area (Å²) in [5, 5.41) is 0.786. The van der Waals surface area contributed by atoms with Gasteiger partial charge in [0.25, 0.3) is 5.91 Å². The quantitative estimate of drug-likeness (QED) is 0.647. The molecule has 2 saturated heterocycles. The molecular formula is C22H25Cl2N3O4S. The van der Waals surface area contributed by atoms with Crippen LogP contribution < -0.4 is 4.90 Å². The number of aryl methyl sites for hydroxylation is 1. The minimum atomic E-state index is -3.80. The molecule has 0 atom stereocenters. The summed E-state index contributed by atoms with van der Waals surface area (Å²) in [4.78, 5) is 17.1. The zero-order valence-electron chi connectivity index (χ0n) is 17.8. The molecule has 0 saturated carbocycles. The van der Waals surface area contributed by atoms with Crippen LogP contribution in [0.15, 0.2) is 41.3 Å². The van der Waals surface area contributed by atoms with Crippen LogP contribution in [0.2, 0.25) is 10.0 Å². The fraction of sp³-hybridized carbons (Fsp3) is 0.409. The molecule has 0 aromatic heterocycles. The van der Waals surface area contributed by atoms with Crippen molar-refractivity contribution < 1.29 is 17.9 Å². The van der Waals surface area contributed by atoms with Gasteiger partial charge in [0, 0.05) is 55.5 Å². The van der Waals surface area contributed by atoms with Crippen LogP contribution >= 0.6 is 23.2 Å². The van der Waals surface area contributed by atoms with Gasteiger partial charge in [-0.05, 0) is 42.8 Å². The fourth-order valence-electron chi connectivity index (χ4n) is 4.02. The van der Waals surface area contributed by atoms with E-state index >= 15 is 0 Å². The topological polar surface area (TPSA) is 70.2 Å². The van der Waals surface area contributed by atoms with Crippen LogP contribution in [0.5, 0.6) is 0 Å². The third-order valence-electron chi connectivity index (χ3n) is 5.84. The summed E-state index contributed by atoms with van der Waals surface area (Å²) in [5.41, 5.74) is 2.51. The molecule has 2 aliphatic rings. The van der Waals surface area contributed by atoms with Gasteiger partial charge in [-0.3, -0.25) is 4.79 Å². The number of carbonyl (C=O) groups excluding carboxylic acids is 1. The summed E-state index contributed by atoms with van der Waals surface area (Å²) < 4.78 is 32.7. The molecule has 0 N–H and O–H groups in total. The molecule has 1 amide bonds. The van der Waals surface area contributed by atoms with Crippen LogP contribution in [0.3, 0.4) is 0 Å². The average Bonchev–Trinajstić information content (AvgIpc) is 2.81. The number of sulfonamides is 1. The molecule has 172 valence electrons. The number of ether oxygens (including phenoxy) is 1. The van der Waals surface area contributed by atoms with Gasteiger partial charge in [-0.2, -0.15) is 4.31 Å². The van der Waals surface area contributed by atoms with Gasteiger partial charge >= 0.3 is 0 Å². The third kappa shape index (κ3) is 4.75. The minimum Gasteiger partial charge on any atom is -0.379 e. The lowest BCUT2D eigenvalue weighted by atomic mass is 10.1. The predicted molar refractivity (Wildman–Crippen MR) is 125 cm³/mol. The highest BCUT2D eigenvalue weighted by atomic mass is 35.5. The molecule has 0 unspecified atom stereocenters. The maximum atomic E-state index is 13.1. The lowest BCUT2D eigenvalue weighted by molar-refractivity contribution is 0.0729. The van der Waals surface area contributed by atoms with Crippen molar-refractivity contribution in [3.05, 3.63) is 57.6 Å². The van der Waals surface area contributed by atoms with Gasteiger partial charge in [-0.1, -0.05) is 29.3 Å². The monoisotopic (exact) mass is 497 g/mol. The molecule has 2 aliphatic heterocycles. The van der Waals surface area contributed by atoms with E-state index < -0.39 is 10.0 Å². The Kier molecular flexibility index (Phi) is 6.97. The molecule has 2 aromatic rings. The first-order valence-corrected chi connectivity index (χ1v) is 12.6. The Hall–Kier alpha value is -1.84. The normalized spacial score (nSPS) is 18.1. The summed E-state index contributed by atoms with van der Waals surface area (Å²) in [6.07, 6.45) is 0. The number of morpholine rings is 1. The van der Waals surface area contributed by atoms with Crippen LogP contribution in [0, 0.1) is 6.92 Å². The third-order valence-corrected chi connectivity index (χ3v) is 8.46. The lowest BCUT2D eigenvalue weighted by Gasteiger charge is -2.37. The van der Waals surface area contributed by atoms with E-state index in [0.29, 0.717) is 50.0 Å². The Bertz CT molecular complexity index is 1110. The van der Waals surface area contributed by atoms with Gasteiger partial charge in [0.15, 0.2) is 0 Å². The summed E-state index contributed by atoms with van der Waals surface area (Å²) in [7, 11) is -3.80. The van der Waals surface area contributed by atoms with Crippen molar-refractivity contribution >= 4 is 44.8 Å². The molecule has 0 spiro atoms. The van der Waals surface area contributed by atoms with Crippen LogP contribution in [0.1, 0.15) is 15.9 Å². The summed E-state index contributed by atoms with van der Waals surface area (Å²) in [6.45, 7) is 5.63. The molecule has 2 heterocycles. The Morgan fingerprint density at radius 2 is 1.62 bits per heavy atom. The average molecular weight is 498 g/mol. The summed E-state index contributed by atoms with van der Waals surface area (Å²) in [5.74, 6) is -0.206. The number of piperazine rings is 1. The van der Waals surface area contributed by atoms with E-state index in [4.69, 9.17) is 27.9 Å². The number of nitrogens with zero attached hydrogens (tertiary/aromatic N) is 3. The van der Waals surface area contributed by atoms with Crippen LogP contribution in [-0.4, -0.2) is 76.0 Å². The SMILES string of the molecule is Cc1ccc(Cl)cc1N1CCN(C(=O)c2ccc(Cl)c(S(=O)(=O)N3CCOCC3)c2)CC1. The van der Waals surface area contributed by atoms with E-state index in [1.54, 1.807) is 11.0 Å². The number of amides is 1. The first-order chi connectivity index (χ1) is 15.3. The van der Waals surface area contributed by atoms with Crippen molar-refractivity contribution in [2.24, 2.45) is 0 Å². The lowest BCUT2D eigenvalue weighted by Crippen LogP contribution is -2.49. The van der Waals surface area contributed by atoms with Gasteiger partial charge in [0.2, 0.25) is 10.0 Å². The predicted octanol–water partition coefficient (Wildman–Crippen LogP) is 3.29. The molecule has 7 nitrogen and oxygen atoms in total. The number of benzene rings is 2. The van der Waals surface area contributed by atoms with Gasteiger partial charge in [0.05, 0.1) is 18.2 Å². The number of rotatable bonds is 4. The maximum absolute atomic E-state index is 13.1. The van der Waals surface area contributed by atoms with Gasteiger partial charge in [-0.15, -0.1) is 0 Å². The second-order valence-corrected chi connectivity index (χ2v) is 10.6. The van der Waals surface area contributed by atoms with E-state index in [9.17, 15) is 13.2 Å². The molecular weight excluding hydrogens is 473 g/mol. The van der Waals surface area contributed by atoms with Crippen LogP contribution in [0.4, 0.5) is 5.69 Å². The molecule has 0 radical (unpaired) electrons. The zero-order chi connectivity index (χ0) is 22.9. The Labute approximate surface area is 198 Å². The highest BCUT2D eigenvalue weighted by Crippen LogP contribution is 2.28. The van der Waals surface area contributed by atoms with Crippen LogP contribution in [0.25, 0.3) is 0 Å². The number of carbonyl (C=O) groups is 1. The molecule has 32 heavy (non-hydrogen) atoms. The molecule has 0 aliphatic carbocycles. The second-order valence-electron chi connectivity index (χ2n) is 7.87. The highest BCUT2D eigenvalue weighted by Gasteiger charge is 2.30. The molecule has 2 fully saturated rings. The summed E-state index contributed by atoms with van der Waals surface area (Å²) >= 11 is 12.4. The number of anilines is 1. The van der Waals surface area contributed by atoms with Gasteiger partial charge in [0.1, 0.15) is 4.90 Å². The fourth-order valence-corrected chi connectivity index (χ4v) is 6.09. The maximum Gasteiger partial charge on any atom is 0.254 e. The van der Waals surface area contributed by atoms with Crippen molar-refractivity contribution in [1.29, 1.82) is 0 Å². The minimum absolute atomic E-state index is 0.0416. The van der Waals surface area contributed by atoms with E-state index in [-0.39, 0.29) is 28.9 Å². The Balaban J connectivity index is 1.50. The van der Waals surface area contributed by atoms with Gasteiger partial charge < -0.3 is 14.5 Å². The number of halogens is 2. The van der Waals surface area contributed by atoms with Crippen LogP contribution in [-0.2, 0) is 14.8 Å². The van der Waals surface area contributed by atoms with Crippen molar-refractivity contribution in [2.75, 3.05) is 57.4 Å². The van der Waals surface area contributed by atoms with E-state index in [1.807, 2.05) is 25.1 Å². The zero-order valence-corrected chi connectivity index (χ0v) is 20.1. The molecule has 2 aromatic carbocycles. The van der Waals surface area contributed by atoms with Crippen molar-refractivity contribution in [2.45, 2.75) is 11.8 Å². The largest absolute Gasteiger partial charge is 0.379 e. The standard InChI is InChI=1S/C22H25Cl2N3O4S/c1-16-2-4-18(23)15-20(16)25-6-8-26(9-7-25)22(28)17-3-5-19(24)21(14-17)32(29,30)27-10-12-31-13-11-27/h2-5,14-15H,6-13H2,1H3. The smallest absolute Gasteiger partial charge is 0.254 e. The number of hydrogen-bond donors (Lipinski definition) is 0. The molecule has 0 bridgehead atoms. The highest BCUT2D eigenvalue weighted by molar-refractivity contribution is 7.89. The first kappa shape index (κ1) is 23.3. The Morgan fingerprint density at radius 1 is 0.938 bits per heavy atom. The van der Waals surface area contributed by atoms with Crippen molar-refractivity contribution in [3.63, 3.8) is 0 Å². The second kappa shape index (κ2) is 9.57.